The molecule has 4 nitrogen and oxygen atoms in total. The molecular formula is C22H26N2O2. The number of rotatable bonds is 3. The highest BCUT2D eigenvalue weighted by Crippen LogP contribution is 2.32. The third-order valence-corrected chi connectivity index (χ3v) is 5.52. The van der Waals surface area contributed by atoms with Crippen LogP contribution in [0.15, 0.2) is 42.5 Å². The molecule has 0 saturated carbocycles. The van der Waals surface area contributed by atoms with E-state index >= 15 is 0 Å². The summed E-state index contributed by atoms with van der Waals surface area (Å²) in [6.45, 7) is 7.08. The van der Waals surface area contributed by atoms with Crippen molar-refractivity contribution >= 4 is 11.6 Å². The number of benzene rings is 2. The van der Waals surface area contributed by atoms with Crippen molar-refractivity contribution in [3.8, 4) is 5.75 Å². The number of fused-ring (bicyclic) bond motifs is 1. The van der Waals surface area contributed by atoms with E-state index in [1.807, 2.05) is 6.07 Å². The number of piperidine rings is 1. The minimum Gasteiger partial charge on any atom is -0.479 e. The van der Waals surface area contributed by atoms with Gasteiger partial charge < -0.3 is 10.1 Å². The van der Waals surface area contributed by atoms with E-state index < -0.39 is 6.10 Å². The number of nitrogens with zero attached hydrogens (tertiary/aromatic N) is 1. The van der Waals surface area contributed by atoms with Crippen LogP contribution in [0.2, 0.25) is 0 Å². The van der Waals surface area contributed by atoms with Crippen molar-refractivity contribution in [1.82, 2.24) is 4.90 Å². The van der Waals surface area contributed by atoms with Gasteiger partial charge in [0.25, 0.3) is 5.91 Å². The Kier molecular flexibility index (Phi) is 4.68. The molecule has 0 aromatic heterocycles. The summed E-state index contributed by atoms with van der Waals surface area (Å²) in [7, 11) is 0. The molecule has 2 heterocycles. The molecule has 1 fully saturated rings. The maximum absolute atomic E-state index is 11.7. The van der Waals surface area contributed by atoms with Crippen LogP contribution in [0.5, 0.6) is 5.75 Å². The lowest BCUT2D eigenvalue weighted by Gasteiger charge is -2.32. The Hall–Kier alpha value is -2.33. The fourth-order valence-corrected chi connectivity index (χ4v) is 3.87. The van der Waals surface area contributed by atoms with Crippen molar-refractivity contribution < 1.29 is 9.53 Å². The number of anilines is 1. The second-order valence-electron chi connectivity index (χ2n) is 7.54. The largest absolute Gasteiger partial charge is 0.479 e. The molecule has 4 rings (SSSR count). The molecule has 1 atom stereocenters. The number of hydrogen-bond acceptors (Lipinski definition) is 3. The van der Waals surface area contributed by atoms with Crippen LogP contribution in [-0.4, -0.2) is 30.0 Å². The summed E-state index contributed by atoms with van der Waals surface area (Å²) in [6, 6.07) is 15.1. The summed E-state index contributed by atoms with van der Waals surface area (Å²) in [5.74, 6) is 1.38. The third kappa shape index (κ3) is 3.61. The number of nitrogens with one attached hydrogen (secondary N) is 1. The number of ether oxygens (including phenoxy) is 1. The summed E-state index contributed by atoms with van der Waals surface area (Å²) in [5.41, 5.74) is 4.81. The van der Waals surface area contributed by atoms with Crippen molar-refractivity contribution in [2.75, 3.05) is 18.4 Å². The molecular weight excluding hydrogens is 324 g/mol. The summed E-state index contributed by atoms with van der Waals surface area (Å²) in [5, 5.41) is 2.89. The van der Waals surface area contributed by atoms with Crippen LogP contribution in [0.1, 0.15) is 42.4 Å². The first-order valence-corrected chi connectivity index (χ1v) is 9.48. The van der Waals surface area contributed by atoms with Crippen LogP contribution < -0.4 is 10.1 Å². The Labute approximate surface area is 155 Å². The third-order valence-electron chi connectivity index (χ3n) is 5.52. The number of carbonyl (C=O) groups is 1. The lowest BCUT2D eigenvalue weighted by molar-refractivity contribution is -0.122. The molecule has 2 aliphatic rings. The highest BCUT2D eigenvalue weighted by Gasteiger charge is 2.24. The number of likely N-dealkylation sites (tertiary alicyclic amines) is 1. The molecule has 2 aliphatic heterocycles. The van der Waals surface area contributed by atoms with Gasteiger partial charge in [-0.3, -0.25) is 9.69 Å². The smallest absolute Gasteiger partial charge is 0.265 e. The van der Waals surface area contributed by atoms with Crippen LogP contribution in [0.4, 0.5) is 5.69 Å². The Morgan fingerprint density at radius 3 is 2.58 bits per heavy atom. The van der Waals surface area contributed by atoms with E-state index in [2.05, 4.69) is 53.5 Å². The van der Waals surface area contributed by atoms with Gasteiger partial charge in [0, 0.05) is 6.54 Å². The molecule has 2 aromatic carbocycles. The van der Waals surface area contributed by atoms with Crippen LogP contribution in [0, 0.1) is 6.92 Å². The van der Waals surface area contributed by atoms with Gasteiger partial charge in [-0.25, -0.2) is 0 Å². The van der Waals surface area contributed by atoms with E-state index in [0.717, 1.165) is 31.1 Å². The average molecular weight is 350 g/mol. The second kappa shape index (κ2) is 7.12. The van der Waals surface area contributed by atoms with Crippen molar-refractivity contribution in [3.05, 3.63) is 59.2 Å². The van der Waals surface area contributed by atoms with Gasteiger partial charge in [-0.15, -0.1) is 0 Å². The number of aryl methyl sites for hydroxylation is 1. The molecule has 4 heteroatoms. The van der Waals surface area contributed by atoms with Crippen LogP contribution in [0.25, 0.3) is 0 Å². The molecule has 2 aromatic rings. The number of hydrogen-bond donors (Lipinski definition) is 1. The van der Waals surface area contributed by atoms with Crippen LogP contribution >= 0.6 is 0 Å². The van der Waals surface area contributed by atoms with Gasteiger partial charge in [0.05, 0.1) is 5.69 Å². The van der Waals surface area contributed by atoms with E-state index in [4.69, 9.17) is 4.74 Å². The SMILES string of the molecule is Cc1ccc(C2CCN(Cc3ccc4c(c3)OC(C)C(=O)N4)CC2)cc1. The highest BCUT2D eigenvalue weighted by atomic mass is 16.5. The van der Waals surface area contributed by atoms with E-state index in [0.29, 0.717) is 5.92 Å². The molecule has 0 spiro atoms. The van der Waals surface area contributed by atoms with Gasteiger partial charge in [0.1, 0.15) is 5.75 Å². The van der Waals surface area contributed by atoms with Gasteiger partial charge in [-0.2, -0.15) is 0 Å². The molecule has 1 saturated heterocycles. The predicted octanol–water partition coefficient (Wildman–Crippen LogP) is 4.09. The lowest BCUT2D eigenvalue weighted by Crippen LogP contribution is -2.35. The van der Waals surface area contributed by atoms with Gasteiger partial charge in [-0.1, -0.05) is 35.9 Å². The topological polar surface area (TPSA) is 41.6 Å². The van der Waals surface area contributed by atoms with Crippen LogP contribution in [-0.2, 0) is 11.3 Å². The molecule has 1 amide bonds. The molecule has 1 unspecified atom stereocenters. The maximum atomic E-state index is 11.7. The van der Waals surface area contributed by atoms with Gasteiger partial charge in [0.2, 0.25) is 0 Å². The highest BCUT2D eigenvalue weighted by molar-refractivity contribution is 5.97. The lowest BCUT2D eigenvalue weighted by atomic mass is 9.89. The van der Waals surface area contributed by atoms with E-state index in [1.54, 1.807) is 6.92 Å². The van der Waals surface area contributed by atoms with E-state index in [9.17, 15) is 4.79 Å². The molecule has 0 radical (unpaired) electrons. The molecule has 0 aliphatic carbocycles. The van der Waals surface area contributed by atoms with Gasteiger partial charge >= 0.3 is 0 Å². The first-order valence-electron chi connectivity index (χ1n) is 9.48. The summed E-state index contributed by atoms with van der Waals surface area (Å²) < 4.78 is 5.73. The maximum Gasteiger partial charge on any atom is 0.265 e. The fourth-order valence-electron chi connectivity index (χ4n) is 3.87. The van der Waals surface area contributed by atoms with Crippen molar-refractivity contribution in [1.29, 1.82) is 0 Å². The zero-order valence-electron chi connectivity index (χ0n) is 15.5. The zero-order valence-corrected chi connectivity index (χ0v) is 15.5. The normalized spacial score (nSPS) is 21.0. The van der Waals surface area contributed by atoms with Crippen molar-refractivity contribution in [2.45, 2.75) is 45.3 Å². The van der Waals surface area contributed by atoms with Gasteiger partial charge in [-0.05, 0) is 69.0 Å². The summed E-state index contributed by atoms with van der Waals surface area (Å²) in [4.78, 5) is 14.2. The van der Waals surface area contributed by atoms with E-state index in [-0.39, 0.29) is 5.91 Å². The molecule has 1 N–H and O–H groups in total. The quantitative estimate of drug-likeness (QED) is 0.906. The summed E-state index contributed by atoms with van der Waals surface area (Å²) in [6.07, 6.45) is 1.98. The second-order valence-corrected chi connectivity index (χ2v) is 7.54. The minimum absolute atomic E-state index is 0.0802. The van der Waals surface area contributed by atoms with Crippen molar-refractivity contribution in [2.24, 2.45) is 0 Å². The number of carbonyl (C=O) groups excluding carboxylic acids is 1. The number of amides is 1. The molecule has 0 bridgehead atoms. The Balaban J connectivity index is 1.37. The Morgan fingerprint density at radius 1 is 1.12 bits per heavy atom. The first kappa shape index (κ1) is 17.1. The van der Waals surface area contributed by atoms with Gasteiger partial charge in [0.15, 0.2) is 6.10 Å². The zero-order chi connectivity index (χ0) is 18.1. The Bertz CT molecular complexity index is 792. The molecule has 136 valence electrons. The summed E-state index contributed by atoms with van der Waals surface area (Å²) >= 11 is 0. The average Bonchev–Trinajstić information content (AvgIpc) is 2.64. The van der Waals surface area contributed by atoms with Crippen LogP contribution in [0.3, 0.4) is 0 Å². The van der Waals surface area contributed by atoms with E-state index in [1.165, 1.54) is 29.5 Å². The van der Waals surface area contributed by atoms with Crippen molar-refractivity contribution in [3.63, 3.8) is 0 Å². The monoisotopic (exact) mass is 350 g/mol. The molecule has 26 heavy (non-hydrogen) atoms. The minimum atomic E-state index is -0.428. The standard InChI is InChI=1S/C22H26N2O2/c1-15-3-6-18(7-4-15)19-9-11-24(12-10-19)14-17-5-8-20-21(13-17)26-16(2)22(25)23-20/h3-8,13,16,19H,9-12,14H2,1-2H3,(H,23,25). The Morgan fingerprint density at radius 2 is 1.85 bits per heavy atom. The fraction of sp³-hybridized carbons (Fsp3) is 0.409. The first-order chi connectivity index (χ1) is 12.6. The predicted molar refractivity (Wildman–Crippen MR) is 104 cm³/mol.